The lowest BCUT2D eigenvalue weighted by molar-refractivity contribution is 0.0661. The van der Waals surface area contributed by atoms with Crippen molar-refractivity contribution in [1.29, 1.82) is 0 Å². The molecule has 2 rings (SSSR count). The SMILES string of the molecule is CCC1CCCCC1NCc1cc(C(=O)O)oc1C. The van der Waals surface area contributed by atoms with Crippen LogP contribution >= 0.6 is 0 Å². The van der Waals surface area contributed by atoms with Crippen LogP contribution in [0.4, 0.5) is 0 Å². The van der Waals surface area contributed by atoms with E-state index in [1.807, 2.05) is 6.92 Å². The smallest absolute Gasteiger partial charge is 0.371 e. The summed E-state index contributed by atoms with van der Waals surface area (Å²) in [5, 5.41) is 12.5. The third-order valence-corrected chi connectivity index (χ3v) is 4.22. The third-order valence-electron chi connectivity index (χ3n) is 4.22. The van der Waals surface area contributed by atoms with Crippen LogP contribution in [0, 0.1) is 12.8 Å². The van der Waals surface area contributed by atoms with Gasteiger partial charge in [-0.3, -0.25) is 0 Å². The molecule has 19 heavy (non-hydrogen) atoms. The lowest BCUT2D eigenvalue weighted by Crippen LogP contribution is -2.37. The van der Waals surface area contributed by atoms with Gasteiger partial charge < -0.3 is 14.8 Å². The van der Waals surface area contributed by atoms with Crippen LogP contribution in [0.15, 0.2) is 10.5 Å². The summed E-state index contributed by atoms with van der Waals surface area (Å²) in [6, 6.07) is 2.19. The highest BCUT2D eigenvalue weighted by atomic mass is 16.4. The van der Waals surface area contributed by atoms with Gasteiger partial charge in [-0.25, -0.2) is 4.79 Å². The van der Waals surface area contributed by atoms with E-state index in [1.165, 1.54) is 32.1 Å². The highest BCUT2D eigenvalue weighted by Crippen LogP contribution is 2.27. The minimum absolute atomic E-state index is 0.0324. The molecule has 2 unspecified atom stereocenters. The fourth-order valence-electron chi connectivity index (χ4n) is 3.01. The van der Waals surface area contributed by atoms with Crippen molar-refractivity contribution in [3.63, 3.8) is 0 Å². The van der Waals surface area contributed by atoms with Crippen molar-refractivity contribution < 1.29 is 14.3 Å². The average Bonchev–Trinajstić information content (AvgIpc) is 2.78. The molecule has 0 spiro atoms. The summed E-state index contributed by atoms with van der Waals surface area (Å²) < 4.78 is 5.23. The Bertz CT molecular complexity index is 439. The topological polar surface area (TPSA) is 62.5 Å². The zero-order valence-corrected chi connectivity index (χ0v) is 11.7. The van der Waals surface area contributed by atoms with E-state index in [0.717, 1.165) is 11.5 Å². The van der Waals surface area contributed by atoms with E-state index in [0.29, 0.717) is 18.3 Å². The van der Waals surface area contributed by atoms with E-state index in [2.05, 4.69) is 12.2 Å². The molecule has 1 aliphatic carbocycles. The van der Waals surface area contributed by atoms with Crippen LogP contribution in [0.2, 0.25) is 0 Å². The number of aromatic carboxylic acids is 1. The van der Waals surface area contributed by atoms with E-state index >= 15 is 0 Å². The van der Waals surface area contributed by atoms with Crippen LogP contribution in [-0.4, -0.2) is 17.1 Å². The fraction of sp³-hybridized carbons (Fsp3) is 0.667. The normalized spacial score (nSPS) is 23.5. The van der Waals surface area contributed by atoms with Gasteiger partial charge in [0.2, 0.25) is 5.76 Å². The van der Waals surface area contributed by atoms with Crippen molar-refractivity contribution in [2.45, 2.75) is 58.5 Å². The number of hydrogen-bond donors (Lipinski definition) is 2. The van der Waals surface area contributed by atoms with Gasteiger partial charge in [-0.2, -0.15) is 0 Å². The molecule has 1 aromatic rings. The second-order valence-corrected chi connectivity index (χ2v) is 5.44. The predicted molar refractivity (Wildman–Crippen MR) is 73.3 cm³/mol. The lowest BCUT2D eigenvalue weighted by Gasteiger charge is -2.31. The first-order valence-electron chi connectivity index (χ1n) is 7.17. The minimum Gasteiger partial charge on any atom is -0.475 e. The molecule has 2 N–H and O–H groups in total. The quantitative estimate of drug-likeness (QED) is 0.857. The number of aryl methyl sites for hydroxylation is 1. The van der Waals surface area contributed by atoms with Crippen LogP contribution < -0.4 is 5.32 Å². The largest absolute Gasteiger partial charge is 0.475 e. The van der Waals surface area contributed by atoms with E-state index < -0.39 is 5.97 Å². The molecule has 2 atom stereocenters. The average molecular weight is 265 g/mol. The standard InChI is InChI=1S/C15H23NO3/c1-3-11-6-4-5-7-13(11)16-9-12-8-14(15(17)18)19-10(12)2/h8,11,13,16H,3-7,9H2,1-2H3,(H,17,18). The molecule has 0 amide bonds. The lowest BCUT2D eigenvalue weighted by atomic mass is 9.83. The molecule has 1 fully saturated rings. The Morgan fingerprint density at radius 2 is 2.21 bits per heavy atom. The molecule has 1 saturated carbocycles. The molecule has 0 aliphatic heterocycles. The first kappa shape index (κ1) is 14.1. The van der Waals surface area contributed by atoms with E-state index in [-0.39, 0.29) is 5.76 Å². The first-order valence-corrected chi connectivity index (χ1v) is 7.17. The summed E-state index contributed by atoms with van der Waals surface area (Å²) in [4.78, 5) is 10.9. The maximum Gasteiger partial charge on any atom is 0.371 e. The molecule has 1 heterocycles. The molecule has 0 saturated heterocycles. The zero-order valence-electron chi connectivity index (χ0n) is 11.7. The Balaban J connectivity index is 1.96. The molecule has 1 aromatic heterocycles. The third kappa shape index (κ3) is 3.38. The van der Waals surface area contributed by atoms with Gasteiger partial charge >= 0.3 is 5.97 Å². The molecule has 106 valence electrons. The molecule has 0 aromatic carbocycles. The van der Waals surface area contributed by atoms with Gasteiger partial charge in [0, 0.05) is 18.2 Å². The molecule has 4 heteroatoms. The van der Waals surface area contributed by atoms with Gasteiger partial charge in [0.15, 0.2) is 0 Å². The fourth-order valence-corrected chi connectivity index (χ4v) is 3.01. The van der Waals surface area contributed by atoms with Crippen molar-refractivity contribution in [2.75, 3.05) is 0 Å². The van der Waals surface area contributed by atoms with Crippen LogP contribution in [0.3, 0.4) is 0 Å². The number of carboxylic acid groups (broad SMARTS) is 1. The molecular formula is C15H23NO3. The summed E-state index contributed by atoms with van der Waals surface area (Å²) >= 11 is 0. The Kier molecular flexibility index (Phi) is 4.64. The molecule has 0 radical (unpaired) electrons. The molecule has 4 nitrogen and oxygen atoms in total. The van der Waals surface area contributed by atoms with Gasteiger partial charge in [0.1, 0.15) is 5.76 Å². The van der Waals surface area contributed by atoms with Gasteiger partial charge in [0.05, 0.1) is 0 Å². The summed E-state index contributed by atoms with van der Waals surface area (Å²) in [6.07, 6.45) is 6.37. The maximum absolute atomic E-state index is 10.9. The highest BCUT2D eigenvalue weighted by Gasteiger charge is 2.23. The molecule has 1 aliphatic rings. The predicted octanol–water partition coefficient (Wildman–Crippen LogP) is 3.34. The first-order chi connectivity index (χ1) is 9.11. The maximum atomic E-state index is 10.9. The number of rotatable bonds is 5. The summed E-state index contributed by atoms with van der Waals surface area (Å²) in [6.45, 7) is 4.77. The van der Waals surface area contributed by atoms with Gasteiger partial charge in [0.25, 0.3) is 0 Å². The van der Waals surface area contributed by atoms with Crippen LogP contribution in [-0.2, 0) is 6.54 Å². The Morgan fingerprint density at radius 1 is 1.47 bits per heavy atom. The Hall–Kier alpha value is -1.29. The second-order valence-electron chi connectivity index (χ2n) is 5.44. The molecule has 0 bridgehead atoms. The van der Waals surface area contributed by atoms with E-state index in [1.54, 1.807) is 6.07 Å². The highest BCUT2D eigenvalue weighted by molar-refractivity contribution is 5.84. The minimum atomic E-state index is -1.00. The van der Waals surface area contributed by atoms with Gasteiger partial charge in [-0.1, -0.05) is 26.2 Å². The number of hydrogen-bond acceptors (Lipinski definition) is 3. The van der Waals surface area contributed by atoms with Gasteiger partial charge in [-0.15, -0.1) is 0 Å². The number of carbonyl (C=O) groups is 1. The van der Waals surface area contributed by atoms with Crippen molar-refractivity contribution in [3.05, 3.63) is 23.2 Å². The van der Waals surface area contributed by atoms with Crippen molar-refractivity contribution in [1.82, 2.24) is 5.32 Å². The monoisotopic (exact) mass is 265 g/mol. The zero-order chi connectivity index (χ0) is 13.8. The van der Waals surface area contributed by atoms with Crippen LogP contribution in [0.25, 0.3) is 0 Å². The number of furan rings is 1. The van der Waals surface area contributed by atoms with Crippen molar-refractivity contribution >= 4 is 5.97 Å². The van der Waals surface area contributed by atoms with Gasteiger partial charge in [-0.05, 0) is 31.7 Å². The second kappa shape index (κ2) is 6.24. The molecular weight excluding hydrogens is 242 g/mol. The number of nitrogens with one attached hydrogen (secondary N) is 1. The van der Waals surface area contributed by atoms with Crippen LogP contribution in [0.5, 0.6) is 0 Å². The summed E-state index contributed by atoms with van der Waals surface area (Å²) in [5.74, 6) is 0.483. The van der Waals surface area contributed by atoms with Crippen LogP contribution in [0.1, 0.15) is 60.9 Å². The van der Waals surface area contributed by atoms with E-state index in [9.17, 15) is 4.79 Å². The summed E-state index contributed by atoms with van der Waals surface area (Å²) in [5.41, 5.74) is 0.956. The Labute approximate surface area is 114 Å². The Morgan fingerprint density at radius 3 is 2.84 bits per heavy atom. The van der Waals surface area contributed by atoms with Crippen molar-refractivity contribution in [2.24, 2.45) is 5.92 Å². The van der Waals surface area contributed by atoms with E-state index in [4.69, 9.17) is 9.52 Å². The summed E-state index contributed by atoms with van der Waals surface area (Å²) in [7, 11) is 0. The number of carboxylic acids is 1. The van der Waals surface area contributed by atoms with Crippen molar-refractivity contribution in [3.8, 4) is 0 Å².